The van der Waals surface area contributed by atoms with Crippen LogP contribution >= 0.6 is 11.6 Å². The highest BCUT2D eigenvalue weighted by Gasteiger charge is 2.42. The van der Waals surface area contributed by atoms with Crippen LogP contribution in [0.5, 0.6) is 0 Å². The van der Waals surface area contributed by atoms with Crippen molar-refractivity contribution in [2.45, 2.75) is 18.4 Å². The van der Waals surface area contributed by atoms with Crippen molar-refractivity contribution in [3.05, 3.63) is 29.3 Å². The number of nitrogens with two attached hydrogens (primary N) is 1. The Labute approximate surface area is 98.0 Å². The van der Waals surface area contributed by atoms with Crippen molar-refractivity contribution in [2.75, 3.05) is 18.0 Å². The number of benzene rings is 1. The molecule has 16 heavy (non-hydrogen) atoms. The molecule has 5 heteroatoms. The normalized spacial score (nSPS) is 25.4. The first-order valence-electron chi connectivity index (χ1n) is 5.09. The zero-order valence-corrected chi connectivity index (χ0v) is 9.42. The molecule has 0 saturated carbocycles. The molecule has 0 amide bonds. The van der Waals surface area contributed by atoms with Gasteiger partial charge in [0.25, 0.3) is 6.43 Å². The van der Waals surface area contributed by atoms with Gasteiger partial charge in [0.2, 0.25) is 0 Å². The zero-order valence-electron chi connectivity index (χ0n) is 8.67. The van der Waals surface area contributed by atoms with Gasteiger partial charge in [-0.15, -0.1) is 0 Å². The summed E-state index contributed by atoms with van der Waals surface area (Å²) >= 11 is 6.01. The van der Waals surface area contributed by atoms with Crippen molar-refractivity contribution in [3.8, 4) is 0 Å². The third-order valence-electron chi connectivity index (χ3n) is 2.96. The van der Waals surface area contributed by atoms with Crippen LogP contribution in [0.1, 0.15) is 6.42 Å². The van der Waals surface area contributed by atoms with Gasteiger partial charge in [0.15, 0.2) is 0 Å². The van der Waals surface area contributed by atoms with E-state index < -0.39 is 12.0 Å². The maximum Gasteiger partial charge on any atom is 0.258 e. The second-order valence-corrected chi connectivity index (χ2v) is 4.56. The molecule has 1 unspecified atom stereocenters. The molecule has 0 spiro atoms. The Morgan fingerprint density at radius 3 is 2.62 bits per heavy atom. The van der Waals surface area contributed by atoms with Gasteiger partial charge in [-0.3, -0.25) is 0 Å². The molecule has 0 bridgehead atoms. The fourth-order valence-electron chi connectivity index (χ4n) is 1.95. The van der Waals surface area contributed by atoms with Gasteiger partial charge in [-0.05, 0) is 18.6 Å². The van der Waals surface area contributed by atoms with E-state index >= 15 is 0 Å². The highest BCUT2D eigenvalue weighted by Crippen LogP contribution is 2.33. The molecule has 2 N–H and O–H groups in total. The van der Waals surface area contributed by atoms with E-state index in [0.29, 0.717) is 11.6 Å². The third kappa shape index (κ3) is 1.99. The minimum Gasteiger partial charge on any atom is -0.368 e. The topological polar surface area (TPSA) is 29.3 Å². The second kappa shape index (κ2) is 4.18. The van der Waals surface area contributed by atoms with Crippen LogP contribution in [0, 0.1) is 0 Å². The summed E-state index contributed by atoms with van der Waals surface area (Å²) in [5.41, 5.74) is 5.02. The van der Waals surface area contributed by atoms with Crippen molar-refractivity contribution in [2.24, 2.45) is 5.73 Å². The molecule has 1 aliphatic heterocycles. The molecule has 2 rings (SSSR count). The number of nitrogens with zero attached hydrogens (tertiary/aromatic N) is 1. The SMILES string of the molecule is NC1(C(F)F)CCN(c2ccccc2Cl)C1. The van der Waals surface area contributed by atoms with Crippen LogP contribution in [0.2, 0.25) is 5.02 Å². The molecular weight excluding hydrogens is 234 g/mol. The number of para-hydroxylation sites is 1. The monoisotopic (exact) mass is 246 g/mol. The fraction of sp³-hybridized carbons (Fsp3) is 0.455. The van der Waals surface area contributed by atoms with Gasteiger partial charge in [0.1, 0.15) is 0 Å². The summed E-state index contributed by atoms with van der Waals surface area (Å²) < 4.78 is 25.5. The summed E-state index contributed by atoms with van der Waals surface area (Å²) in [6.45, 7) is 0.666. The van der Waals surface area contributed by atoms with Gasteiger partial charge in [0, 0.05) is 13.1 Å². The van der Waals surface area contributed by atoms with E-state index in [1.165, 1.54) is 0 Å². The molecule has 1 atom stereocenters. The predicted octanol–water partition coefficient (Wildman–Crippen LogP) is 2.51. The summed E-state index contributed by atoms with van der Waals surface area (Å²) in [6, 6.07) is 7.21. The van der Waals surface area contributed by atoms with Crippen LogP contribution in [-0.4, -0.2) is 25.1 Å². The summed E-state index contributed by atoms with van der Waals surface area (Å²) in [6.07, 6.45) is -2.21. The first kappa shape index (κ1) is 11.6. The van der Waals surface area contributed by atoms with Crippen LogP contribution < -0.4 is 10.6 Å². The van der Waals surface area contributed by atoms with Crippen molar-refractivity contribution in [3.63, 3.8) is 0 Å². The van der Waals surface area contributed by atoms with E-state index in [0.717, 1.165) is 5.69 Å². The van der Waals surface area contributed by atoms with E-state index in [1.807, 2.05) is 23.1 Å². The summed E-state index contributed by atoms with van der Waals surface area (Å²) in [4.78, 5) is 1.81. The molecule has 1 aliphatic rings. The van der Waals surface area contributed by atoms with Crippen LogP contribution in [0.25, 0.3) is 0 Å². The highest BCUT2D eigenvalue weighted by atomic mass is 35.5. The molecule has 0 radical (unpaired) electrons. The van der Waals surface area contributed by atoms with Crippen LogP contribution in [0.3, 0.4) is 0 Å². The molecule has 88 valence electrons. The lowest BCUT2D eigenvalue weighted by Crippen LogP contribution is -2.49. The van der Waals surface area contributed by atoms with Crippen molar-refractivity contribution < 1.29 is 8.78 Å². The summed E-state index contributed by atoms with van der Waals surface area (Å²) in [7, 11) is 0. The van der Waals surface area contributed by atoms with E-state index in [1.54, 1.807) is 6.07 Å². The third-order valence-corrected chi connectivity index (χ3v) is 3.28. The molecule has 1 aromatic rings. The van der Waals surface area contributed by atoms with E-state index in [9.17, 15) is 8.78 Å². The molecule has 0 aromatic heterocycles. The highest BCUT2D eigenvalue weighted by molar-refractivity contribution is 6.33. The molecule has 0 aliphatic carbocycles. The average molecular weight is 247 g/mol. The van der Waals surface area contributed by atoms with Gasteiger partial charge in [0.05, 0.1) is 16.2 Å². The molecular formula is C11H13ClF2N2. The number of anilines is 1. The number of rotatable bonds is 2. The average Bonchev–Trinajstić information content (AvgIpc) is 2.63. The lowest BCUT2D eigenvalue weighted by molar-refractivity contribution is 0.0655. The van der Waals surface area contributed by atoms with Crippen molar-refractivity contribution in [1.29, 1.82) is 0 Å². The molecule has 1 heterocycles. The largest absolute Gasteiger partial charge is 0.368 e. The van der Waals surface area contributed by atoms with Crippen LogP contribution in [0.15, 0.2) is 24.3 Å². The van der Waals surface area contributed by atoms with Gasteiger partial charge in [-0.25, -0.2) is 8.78 Å². The van der Waals surface area contributed by atoms with Gasteiger partial charge in [-0.2, -0.15) is 0 Å². The van der Waals surface area contributed by atoms with Gasteiger partial charge >= 0.3 is 0 Å². The van der Waals surface area contributed by atoms with Crippen molar-refractivity contribution >= 4 is 17.3 Å². The molecule has 1 fully saturated rings. The maximum absolute atomic E-state index is 12.7. The summed E-state index contributed by atoms with van der Waals surface area (Å²) in [5, 5.41) is 0.570. The first-order valence-corrected chi connectivity index (χ1v) is 5.47. The fourth-order valence-corrected chi connectivity index (χ4v) is 2.20. The maximum atomic E-state index is 12.7. The molecule has 1 aromatic carbocycles. The number of halogens is 3. The second-order valence-electron chi connectivity index (χ2n) is 4.16. The number of alkyl halides is 2. The van der Waals surface area contributed by atoms with Crippen LogP contribution in [-0.2, 0) is 0 Å². The minimum absolute atomic E-state index is 0.147. The van der Waals surface area contributed by atoms with Gasteiger partial charge in [-0.1, -0.05) is 23.7 Å². The van der Waals surface area contributed by atoms with Gasteiger partial charge < -0.3 is 10.6 Å². The van der Waals surface area contributed by atoms with E-state index in [4.69, 9.17) is 17.3 Å². The van der Waals surface area contributed by atoms with Crippen LogP contribution in [0.4, 0.5) is 14.5 Å². The Morgan fingerprint density at radius 1 is 1.38 bits per heavy atom. The lowest BCUT2D eigenvalue weighted by atomic mass is 10.0. The summed E-state index contributed by atoms with van der Waals surface area (Å²) in [5.74, 6) is 0. The Bertz CT molecular complexity index is 386. The van der Waals surface area contributed by atoms with E-state index in [2.05, 4.69) is 0 Å². The number of hydrogen-bond acceptors (Lipinski definition) is 2. The standard InChI is InChI=1S/C11H13ClF2N2/c12-8-3-1-2-4-9(8)16-6-5-11(15,7-16)10(13)14/h1-4,10H,5-7,15H2. The zero-order chi connectivity index (χ0) is 11.8. The Kier molecular flexibility index (Phi) is 3.04. The Balaban J connectivity index is 2.18. The smallest absolute Gasteiger partial charge is 0.258 e. The lowest BCUT2D eigenvalue weighted by Gasteiger charge is -2.25. The van der Waals surface area contributed by atoms with Crippen molar-refractivity contribution in [1.82, 2.24) is 0 Å². The minimum atomic E-state index is -2.50. The predicted molar refractivity (Wildman–Crippen MR) is 61.2 cm³/mol. The molecule has 1 saturated heterocycles. The number of hydrogen-bond donors (Lipinski definition) is 1. The van der Waals surface area contributed by atoms with E-state index in [-0.39, 0.29) is 13.0 Å². The quantitative estimate of drug-likeness (QED) is 0.869. The first-order chi connectivity index (χ1) is 7.53. The Morgan fingerprint density at radius 2 is 2.06 bits per heavy atom. The Hall–Kier alpha value is -0.870. The molecule has 2 nitrogen and oxygen atoms in total.